The van der Waals surface area contributed by atoms with Gasteiger partial charge >= 0.3 is 6.03 Å². The predicted molar refractivity (Wildman–Crippen MR) is 65.7 cm³/mol. The maximum atomic E-state index is 12.4. The minimum atomic E-state index is -0.413. The van der Waals surface area contributed by atoms with Crippen molar-refractivity contribution >= 4 is 17.8 Å². The topological polar surface area (TPSA) is 57.7 Å². The molecule has 5 heteroatoms. The van der Waals surface area contributed by atoms with Crippen LogP contribution in [0.3, 0.4) is 0 Å². The van der Waals surface area contributed by atoms with Gasteiger partial charge in [-0.3, -0.25) is 19.4 Å². The fourth-order valence-electron chi connectivity index (χ4n) is 2.79. The van der Waals surface area contributed by atoms with Crippen molar-refractivity contribution in [2.24, 2.45) is 0 Å². The number of imide groups is 2. The molecular weight excluding hydrogens is 232 g/mol. The van der Waals surface area contributed by atoms with Gasteiger partial charge in [-0.15, -0.1) is 0 Å². The molecule has 0 aromatic heterocycles. The van der Waals surface area contributed by atoms with Crippen LogP contribution in [0, 0.1) is 0 Å². The van der Waals surface area contributed by atoms with E-state index in [2.05, 4.69) is 0 Å². The number of nitrogens with zero attached hydrogens (tertiary/aromatic N) is 2. The highest BCUT2D eigenvalue weighted by molar-refractivity contribution is 6.03. The summed E-state index contributed by atoms with van der Waals surface area (Å²) in [6.07, 6.45) is 4.13. The Morgan fingerprint density at radius 3 is 1.67 bits per heavy atom. The summed E-state index contributed by atoms with van der Waals surface area (Å²) in [6.45, 7) is 3.74. The smallest absolute Gasteiger partial charge is 0.274 e. The lowest BCUT2D eigenvalue weighted by atomic mass is 10.0. The molecule has 2 saturated heterocycles. The molecule has 2 atom stereocenters. The number of carbonyl (C=O) groups excluding carboxylic acids is 3. The molecule has 2 aliphatic rings. The van der Waals surface area contributed by atoms with Crippen molar-refractivity contribution in [1.29, 1.82) is 0 Å². The van der Waals surface area contributed by atoms with Crippen LogP contribution in [0.5, 0.6) is 0 Å². The van der Waals surface area contributed by atoms with Gasteiger partial charge in [-0.2, -0.15) is 0 Å². The van der Waals surface area contributed by atoms with Crippen molar-refractivity contribution in [3.8, 4) is 0 Å². The first-order chi connectivity index (χ1) is 8.52. The van der Waals surface area contributed by atoms with Crippen LogP contribution in [-0.4, -0.2) is 39.7 Å². The van der Waals surface area contributed by atoms with E-state index in [9.17, 15) is 14.4 Å². The van der Waals surface area contributed by atoms with Crippen LogP contribution in [0.1, 0.15) is 52.4 Å². The molecule has 4 amide bonds. The molecule has 2 aliphatic heterocycles. The summed E-state index contributed by atoms with van der Waals surface area (Å²) >= 11 is 0. The van der Waals surface area contributed by atoms with Gasteiger partial charge in [0.25, 0.3) is 0 Å². The van der Waals surface area contributed by atoms with Gasteiger partial charge in [0.1, 0.15) is 0 Å². The summed E-state index contributed by atoms with van der Waals surface area (Å²) in [5, 5.41) is 0. The molecule has 0 aromatic carbocycles. The van der Waals surface area contributed by atoms with Crippen LogP contribution < -0.4 is 0 Å². The molecule has 0 aliphatic carbocycles. The Labute approximate surface area is 107 Å². The van der Waals surface area contributed by atoms with Crippen LogP contribution in [0.15, 0.2) is 0 Å². The van der Waals surface area contributed by atoms with E-state index in [0.29, 0.717) is 12.8 Å². The van der Waals surface area contributed by atoms with Gasteiger partial charge in [0.05, 0.1) is 0 Å². The number of hydrogen-bond donors (Lipinski definition) is 0. The van der Waals surface area contributed by atoms with E-state index in [1.165, 1.54) is 9.80 Å². The molecular formula is C13H20N2O3. The Bertz CT molecular complexity index is 346. The summed E-state index contributed by atoms with van der Waals surface area (Å²) < 4.78 is 0. The fraction of sp³-hybridized carbons (Fsp3) is 0.769. The first-order valence-corrected chi connectivity index (χ1v) is 6.70. The molecule has 0 saturated carbocycles. The normalized spacial score (nSPS) is 29.7. The summed E-state index contributed by atoms with van der Waals surface area (Å²) in [5.41, 5.74) is 0. The van der Waals surface area contributed by atoms with Gasteiger partial charge in [0, 0.05) is 24.9 Å². The monoisotopic (exact) mass is 252 g/mol. The molecule has 2 heterocycles. The largest absolute Gasteiger partial charge is 0.333 e. The Hall–Kier alpha value is -1.39. The third-order valence-corrected chi connectivity index (χ3v) is 3.86. The highest BCUT2D eigenvalue weighted by Crippen LogP contribution is 2.24. The van der Waals surface area contributed by atoms with E-state index in [-0.39, 0.29) is 23.9 Å². The summed E-state index contributed by atoms with van der Waals surface area (Å²) in [6, 6.07) is -0.606. The highest BCUT2D eigenvalue weighted by atomic mass is 16.2. The number of hydrogen-bond acceptors (Lipinski definition) is 3. The van der Waals surface area contributed by atoms with Crippen molar-refractivity contribution in [1.82, 2.24) is 9.80 Å². The van der Waals surface area contributed by atoms with Gasteiger partial charge in [0.15, 0.2) is 0 Å². The van der Waals surface area contributed by atoms with E-state index in [4.69, 9.17) is 0 Å². The molecule has 0 aromatic rings. The lowest BCUT2D eigenvalue weighted by molar-refractivity contribution is -0.137. The molecule has 100 valence electrons. The van der Waals surface area contributed by atoms with Gasteiger partial charge < -0.3 is 0 Å². The number of carbonyl (C=O) groups is 3. The molecule has 0 radical (unpaired) electrons. The standard InChI is InChI=1S/C13H20N2O3/c1-9-5-3-7-11(16)14(9)13(18)15-10(2)6-4-8-12(15)17/h9-10H,3-8H2,1-2H3. The SMILES string of the molecule is CC1CCCC(=O)N1C(=O)N1C(=O)CCCC1C. The van der Waals surface area contributed by atoms with Crippen LogP contribution in [-0.2, 0) is 9.59 Å². The number of urea groups is 1. The minimum Gasteiger partial charge on any atom is -0.274 e. The van der Waals surface area contributed by atoms with E-state index < -0.39 is 6.03 Å². The van der Waals surface area contributed by atoms with Crippen molar-refractivity contribution in [2.45, 2.75) is 64.5 Å². The zero-order chi connectivity index (χ0) is 13.3. The van der Waals surface area contributed by atoms with Crippen LogP contribution >= 0.6 is 0 Å². The fourth-order valence-corrected chi connectivity index (χ4v) is 2.79. The third kappa shape index (κ3) is 2.26. The molecule has 2 rings (SSSR count). The average Bonchev–Trinajstić information content (AvgIpc) is 2.28. The maximum Gasteiger partial charge on any atom is 0.333 e. The second-order valence-electron chi connectivity index (χ2n) is 5.29. The lowest BCUT2D eigenvalue weighted by Gasteiger charge is -2.39. The van der Waals surface area contributed by atoms with Gasteiger partial charge in [0.2, 0.25) is 11.8 Å². The Kier molecular flexibility index (Phi) is 3.68. The zero-order valence-corrected chi connectivity index (χ0v) is 11.0. The van der Waals surface area contributed by atoms with Gasteiger partial charge in [-0.05, 0) is 39.5 Å². The van der Waals surface area contributed by atoms with E-state index in [1.807, 2.05) is 13.8 Å². The molecule has 0 N–H and O–H groups in total. The van der Waals surface area contributed by atoms with Crippen molar-refractivity contribution < 1.29 is 14.4 Å². The molecule has 0 spiro atoms. The quantitative estimate of drug-likeness (QED) is 0.661. The minimum absolute atomic E-state index is 0.0966. The Balaban J connectivity index is 2.18. The number of rotatable bonds is 0. The Morgan fingerprint density at radius 2 is 1.33 bits per heavy atom. The van der Waals surface area contributed by atoms with Crippen molar-refractivity contribution in [3.63, 3.8) is 0 Å². The van der Waals surface area contributed by atoms with Crippen molar-refractivity contribution in [2.75, 3.05) is 0 Å². The lowest BCUT2D eigenvalue weighted by Crippen LogP contribution is -2.57. The van der Waals surface area contributed by atoms with Crippen LogP contribution in [0.25, 0.3) is 0 Å². The van der Waals surface area contributed by atoms with Gasteiger partial charge in [-0.25, -0.2) is 4.79 Å². The molecule has 18 heavy (non-hydrogen) atoms. The van der Waals surface area contributed by atoms with E-state index in [0.717, 1.165) is 25.7 Å². The second-order valence-corrected chi connectivity index (χ2v) is 5.29. The first kappa shape index (κ1) is 13.1. The third-order valence-electron chi connectivity index (χ3n) is 3.86. The number of piperidine rings is 2. The molecule has 0 bridgehead atoms. The first-order valence-electron chi connectivity index (χ1n) is 6.70. The number of amides is 4. The van der Waals surface area contributed by atoms with Gasteiger partial charge in [-0.1, -0.05) is 0 Å². The van der Waals surface area contributed by atoms with Crippen molar-refractivity contribution in [3.05, 3.63) is 0 Å². The Morgan fingerprint density at radius 1 is 0.944 bits per heavy atom. The second kappa shape index (κ2) is 5.08. The summed E-state index contributed by atoms with van der Waals surface area (Å²) in [7, 11) is 0. The predicted octanol–water partition coefficient (Wildman–Crippen LogP) is 1.91. The van der Waals surface area contributed by atoms with E-state index >= 15 is 0 Å². The summed E-state index contributed by atoms with van der Waals surface area (Å²) in [4.78, 5) is 38.7. The molecule has 2 unspecified atom stereocenters. The van der Waals surface area contributed by atoms with Crippen LogP contribution in [0.4, 0.5) is 4.79 Å². The van der Waals surface area contributed by atoms with Crippen LogP contribution in [0.2, 0.25) is 0 Å². The molecule has 2 fully saturated rings. The molecule has 5 nitrogen and oxygen atoms in total. The highest BCUT2D eigenvalue weighted by Gasteiger charge is 2.38. The van der Waals surface area contributed by atoms with E-state index in [1.54, 1.807) is 0 Å². The zero-order valence-electron chi connectivity index (χ0n) is 11.0. The average molecular weight is 252 g/mol. The maximum absolute atomic E-state index is 12.4. The summed E-state index contributed by atoms with van der Waals surface area (Å²) in [5.74, 6) is -0.298. The number of likely N-dealkylation sites (tertiary alicyclic amines) is 2.